The zero-order valence-electron chi connectivity index (χ0n) is 7.71. The molecule has 0 unspecified atom stereocenters. The fourth-order valence-corrected chi connectivity index (χ4v) is 0.705. The molecule has 0 aromatic carbocycles. The summed E-state index contributed by atoms with van der Waals surface area (Å²) in [5.41, 5.74) is 0. The van der Waals surface area contributed by atoms with Gasteiger partial charge in [0.25, 0.3) is 0 Å². The standard InChI is InChI=1S/C9H16O3/c1-3-6-9(10)12-8-5-4-7-11-2/h3,6H,4-5,7-8H2,1-2H3. The Balaban J connectivity index is 3.14. The molecule has 0 N–H and O–H groups in total. The van der Waals surface area contributed by atoms with Gasteiger partial charge in [-0.3, -0.25) is 0 Å². The van der Waals surface area contributed by atoms with E-state index in [2.05, 4.69) is 0 Å². The number of carbonyl (C=O) groups excluding carboxylic acids is 1. The number of esters is 1. The van der Waals surface area contributed by atoms with E-state index in [-0.39, 0.29) is 5.97 Å². The van der Waals surface area contributed by atoms with E-state index < -0.39 is 0 Å². The summed E-state index contributed by atoms with van der Waals surface area (Å²) in [6, 6.07) is 0. The van der Waals surface area contributed by atoms with Gasteiger partial charge in [0, 0.05) is 19.8 Å². The highest BCUT2D eigenvalue weighted by atomic mass is 16.5. The zero-order valence-corrected chi connectivity index (χ0v) is 7.71. The number of hydrogen-bond donors (Lipinski definition) is 0. The number of carbonyl (C=O) groups is 1. The van der Waals surface area contributed by atoms with Crippen LogP contribution in [0.3, 0.4) is 0 Å². The van der Waals surface area contributed by atoms with Crippen LogP contribution in [0.4, 0.5) is 0 Å². The van der Waals surface area contributed by atoms with Crippen LogP contribution in [0.5, 0.6) is 0 Å². The van der Waals surface area contributed by atoms with E-state index in [1.54, 1.807) is 20.1 Å². The van der Waals surface area contributed by atoms with E-state index in [0.717, 1.165) is 19.4 Å². The second-order valence-electron chi connectivity index (χ2n) is 2.37. The van der Waals surface area contributed by atoms with Gasteiger partial charge in [0.2, 0.25) is 0 Å². The van der Waals surface area contributed by atoms with Crippen molar-refractivity contribution in [3.8, 4) is 0 Å². The third-order valence-electron chi connectivity index (χ3n) is 1.29. The molecule has 0 fully saturated rings. The molecule has 70 valence electrons. The number of allylic oxidation sites excluding steroid dienone is 1. The fourth-order valence-electron chi connectivity index (χ4n) is 0.705. The van der Waals surface area contributed by atoms with Crippen molar-refractivity contribution in [3.63, 3.8) is 0 Å². The first kappa shape index (κ1) is 11.2. The number of unbranched alkanes of at least 4 members (excludes halogenated alkanes) is 1. The van der Waals surface area contributed by atoms with Gasteiger partial charge in [-0.1, -0.05) is 6.08 Å². The lowest BCUT2D eigenvalue weighted by Gasteiger charge is -2.00. The molecule has 3 heteroatoms. The molecule has 0 atom stereocenters. The second kappa shape index (κ2) is 8.27. The van der Waals surface area contributed by atoms with Crippen molar-refractivity contribution in [2.24, 2.45) is 0 Å². The summed E-state index contributed by atoms with van der Waals surface area (Å²) in [6.45, 7) is 2.99. The third kappa shape index (κ3) is 7.28. The molecule has 0 amide bonds. The van der Waals surface area contributed by atoms with Gasteiger partial charge in [0.1, 0.15) is 0 Å². The van der Waals surface area contributed by atoms with Crippen molar-refractivity contribution < 1.29 is 14.3 Å². The molecule has 3 nitrogen and oxygen atoms in total. The van der Waals surface area contributed by atoms with Gasteiger partial charge in [-0.15, -0.1) is 0 Å². The Morgan fingerprint density at radius 1 is 1.33 bits per heavy atom. The maximum atomic E-state index is 10.7. The van der Waals surface area contributed by atoms with Crippen molar-refractivity contribution in [1.82, 2.24) is 0 Å². The van der Waals surface area contributed by atoms with Crippen molar-refractivity contribution in [3.05, 3.63) is 12.2 Å². The van der Waals surface area contributed by atoms with Crippen molar-refractivity contribution >= 4 is 5.97 Å². The number of ether oxygens (including phenoxy) is 2. The number of methoxy groups -OCH3 is 1. The van der Waals surface area contributed by atoms with E-state index in [1.807, 2.05) is 0 Å². The maximum Gasteiger partial charge on any atom is 0.330 e. The van der Waals surface area contributed by atoms with Gasteiger partial charge in [-0.25, -0.2) is 4.79 Å². The average molecular weight is 172 g/mol. The summed E-state index contributed by atoms with van der Waals surface area (Å²) >= 11 is 0. The van der Waals surface area contributed by atoms with Gasteiger partial charge in [0.05, 0.1) is 6.61 Å². The van der Waals surface area contributed by atoms with Gasteiger partial charge in [0.15, 0.2) is 0 Å². The monoisotopic (exact) mass is 172 g/mol. The summed E-state index contributed by atoms with van der Waals surface area (Å²) in [4.78, 5) is 10.7. The fraction of sp³-hybridized carbons (Fsp3) is 0.667. The Labute approximate surface area is 73.4 Å². The molecule has 0 heterocycles. The number of hydrogen-bond acceptors (Lipinski definition) is 3. The van der Waals surface area contributed by atoms with Crippen LogP contribution in [0.2, 0.25) is 0 Å². The lowest BCUT2D eigenvalue weighted by Crippen LogP contribution is -2.03. The van der Waals surface area contributed by atoms with Crippen LogP contribution in [0.25, 0.3) is 0 Å². The molecular formula is C9H16O3. The quantitative estimate of drug-likeness (QED) is 0.346. The van der Waals surface area contributed by atoms with Crippen LogP contribution in [0.1, 0.15) is 19.8 Å². The summed E-state index contributed by atoms with van der Waals surface area (Å²) in [5, 5.41) is 0. The molecule has 0 aromatic rings. The Kier molecular flexibility index (Phi) is 7.70. The Bertz CT molecular complexity index is 141. The molecule has 0 aliphatic rings. The highest BCUT2D eigenvalue weighted by Gasteiger charge is 1.94. The van der Waals surface area contributed by atoms with Crippen molar-refractivity contribution in [1.29, 1.82) is 0 Å². The van der Waals surface area contributed by atoms with Gasteiger partial charge in [-0.05, 0) is 19.8 Å². The maximum absolute atomic E-state index is 10.7. The first-order valence-electron chi connectivity index (χ1n) is 4.09. The van der Waals surface area contributed by atoms with E-state index in [0.29, 0.717) is 6.61 Å². The molecule has 0 aliphatic carbocycles. The van der Waals surface area contributed by atoms with Crippen LogP contribution in [-0.4, -0.2) is 26.3 Å². The van der Waals surface area contributed by atoms with Gasteiger partial charge < -0.3 is 9.47 Å². The van der Waals surface area contributed by atoms with E-state index >= 15 is 0 Å². The van der Waals surface area contributed by atoms with E-state index in [1.165, 1.54) is 6.08 Å². The summed E-state index contributed by atoms with van der Waals surface area (Å²) < 4.78 is 9.69. The predicted molar refractivity (Wildman–Crippen MR) is 46.9 cm³/mol. The lowest BCUT2D eigenvalue weighted by molar-refractivity contribution is -0.137. The Hall–Kier alpha value is -0.830. The topological polar surface area (TPSA) is 35.5 Å². The van der Waals surface area contributed by atoms with Crippen LogP contribution in [0.15, 0.2) is 12.2 Å². The van der Waals surface area contributed by atoms with Gasteiger partial charge >= 0.3 is 5.97 Å². The van der Waals surface area contributed by atoms with Crippen LogP contribution >= 0.6 is 0 Å². The molecule has 0 aromatic heterocycles. The first-order chi connectivity index (χ1) is 5.81. The molecule has 0 spiro atoms. The summed E-state index contributed by atoms with van der Waals surface area (Å²) in [6.07, 6.45) is 4.87. The molecule has 0 rings (SSSR count). The van der Waals surface area contributed by atoms with E-state index in [4.69, 9.17) is 9.47 Å². The van der Waals surface area contributed by atoms with Crippen LogP contribution < -0.4 is 0 Å². The summed E-state index contributed by atoms with van der Waals surface area (Å²) in [5.74, 6) is -0.269. The molecule has 0 saturated carbocycles. The minimum Gasteiger partial charge on any atom is -0.463 e. The zero-order chi connectivity index (χ0) is 9.23. The van der Waals surface area contributed by atoms with Crippen molar-refractivity contribution in [2.45, 2.75) is 19.8 Å². The minimum atomic E-state index is -0.269. The average Bonchev–Trinajstić information content (AvgIpc) is 2.05. The largest absolute Gasteiger partial charge is 0.463 e. The van der Waals surface area contributed by atoms with Crippen LogP contribution in [0, 0.1) is 0 Å². The Morgan fingerprint density at radius 3 is 2.58 bits per heavy atom. The van der Waals surface area contributed by atoms with Crippen LogP contribution in [-0.2, 0) is 14.3 Å². The smallest absolute Gasteiger partial charge is 0.330 e. The van der Waals surface area contributed by atoms with Gasteiger partial charge in [-0.2, -0.15) is 0 Å². The molecule has 0 bridgehead atoms. The molecule has 0 aliphatic heterocycles. The molecule has 0 saturated heterocycles. The van der Waals surface area contributed by atoms with E-state index in [9.17, 15) is 4.79 Å². The number of rotatable bonds is 6. The SMILES string of the molecule is CC=CC(=O)OCCCCOC. The Morgan fingerprint density at radius 2 is 2.00 bits per heavy atom. The highest BCUT2D eigenvalue weighted by molar-refractivity contribution is 5.81. The first-order valence-corrected chi connectivity index (χ1v) is 4.09. The molecular weight excluding hydrogens is 156 g/mol. The molecule has 0 radical (unpaired) electrons. The lowest BCUT2D eigenvalue weighted by atomic mass is 10.3. The second-order valence-corrected chi connectivity index (χ2v) is 2.37. The normalized spacial score (nSPS) is 10.5. The summed E-state index contributed by atoms with van der Waals surface area (Å²) in [7, 11) is 1.66. The predicted octanol–water partition coefficient (Wildman–Crippen LogP) is 1.53. The molecule has 12 heavy (non-hydrogen) atoms. The highest BCUT2D eigenvalue weighted by Crippen LogP contribution is 1.91. The minimum absolute atomic E-state index is 0.269. The van der Waals surface area contributed by atoms with Crippen molar-refractivity contribution in [2.75, 3.05) is 20.3 Å². The third-order valence-corrected chi connectivity index (χ3v) is 1.29.